The zero-order chi connectivity index (χ0) is 10.1. The molecule has 4 heteroatoms. The van der Waals surface area contributed by atoms with Crippen molar-refractivity contribution in [1.82, 2.24) is 0 Å². The number of carbonyl (C=O) groups is 1. The highest BCUT2D eigenvalue weighted by Gasteiger charge is 2.47. The topological polar surface area (TPSA) is 43.4 Å². The minimum absolute atomic E-state index is 0.0706. The second kappa shape index (κ2) is 3.69. The molecule has 0 N–H and O–H groups in total. The summed E-state index contributed by atoms with van der Waals surface area (Å²) in [6, 6.07) is 0. The molecule has 1 heterocycles. The molecular formula is C10H12O3S. The zero-order valence-electron chi connectivity index (χ0n) is 7.72. The molecule has 1 saturated heterocycles. The maximum absolute atomic E-state index is 11.7. The number of hydrogen-bond donors (Lipinski definition) is 0. The van der Waals surface area contributed by atoms with Crippen LogP contribution in [0.5, 0.6) is 0 Å². The Hall–Kier alpha value is -0.900. The van der Waals surface area contributed by atoms with Crippen LogP contribution in [0.3, 0.4) is 0 Å². The minimum Gasteiger partial charge on any atom is -0.461 e. The van der Waals surface area contributed by atoms with Crippen LogP contribution in [0.1, 0.15) is 6.42 Å². The predicted octanol–water partition coefficient (Wildman–Crippen LogP) is 0.791. The largest absolute Gasteiger partial charge is 0.461 e. The normalized spacial score (nSPS) is 38.6. The standard InChI is InChI=1S/C10H12O3S/c1-2-5-13-10(11)9-7-3-4-8(6-7)14(9)12/h2-4,7-9H,1,5-6H2/t7-,8+,9-,14-/m1/s1. The first kappa shape index (κ1) is 9.65. The Bertz CT molecular complexity index is 321. The summed E-state index contributed by atoms with van der Waals surface area (Å²) in [5, 5.41) is -0.369. The molecule has 0 amide bonds. The fourth-order valence-electron chi connectivity index (χ4n) is 1.94. The highest BCUT2D eigenvalue weighted by molar-refractivity contribution is 7.87. The van der Waals surface area contributed by atoms with Crippen molar-refractivity contribution < 1.29 is 13.7 Å². The Balaban J connectivity index is 2.05. The van der Waals surface area contributed by atoms with Gasteiger partial charge in [0.25, 0.3) is 0 Å². The average Bonchev–Trinajstić information content (AvgIpc) is 2.74. The van der Waals surface area contributed by atoms with E-state index in [2.05, 4.69) is 6.58 Å². The first-order valence-corrected chi connectivity index (χ1v) is 5.87. The van der Waals surface area contributed by atoms with Gasteiger partial charge in [0.15, 0.2) is 0 Å². The number of hydrogen-bond acceptors (Lipinski definition) is 3. The number of esters is 1. The maximum Gasteiger partial charge on any atom is 0.322 e. The third kappa shape index (κ3) is 1.43. The molecule has 4 atom stereocenters. The summed E-state index contributed by atoms with van der Waals surface area (Å²) in [4.78, 5) is 11.5. The van der Waals surface area contributed by atoms with E-state index in [4.69, 9.17) is 4.74 Å². The van der Waals surface area contributed by atoms with Crippen LogP contribution in [0.15, 0.2) is 24.8 Å². The molecule has 2 rings (SSSR count). The summed E-state index contributed by atoms with van der Waals surface area (Å²) < 4.78 is 16.6. The van der Waals surface area contributed by atoms with E-state index in [-0.39, 0.29) is 23.7 Å². The lowest BCUT2D eigenvalue weighted by atomic mass is 10.1. The number of allylic oxidation sites excluding steroid dienone is 1. The summed E-state index contributed by atoms with van der Waals surface area (Å²) in [5.41, 5.74) is 0. The molecule has 2 aliphatic rings. The third-order valence-electron chi connectivity index (χ3n) is 2.59. The van der Waals surface area contributed by atoms with Crippen molar-refractivity contribution in [2.24, 2.45) is 5.92 Å². The van der Waals surface area contributed by atoms with Gasteiger partial charge < -0.3 is 4.74 Å². The highest BCUT2D eigenvalue weighted by atomic mass is 32.2. The van der Waals surface area contributed by atoms with Crippen LogP contribution < -0.4 is 0 Å². The number of rotatable bonds is 3. The van der Waals surface area contributed by atoms with Gasteiger partial charge in [-0.15, -0.1) is 0 Å². The molecule has 1 aliphatic carbocycles. The molecule has 0 aromatic heterocycles. The van der Waals surface area contributed by atoms with E-state index in [1.54, 1.807) is 0 Å². The van der Waals surface area contributed by atoms with E-state index in [0.717, 1.165) is 6.42 Å². The van der Waals surface area contributed by atoms with E-state index >= 15 is 0 Å². The Morgan fingerprint density at radius 3 is 3.00 bits per heavy atom. The van der Waals surface area contributed by atoms with E-state index in [1.165, 1.54) is 6.08 Å². The van der Waals surface area contributed by atoms with Crippen LogP contribution in [-0.4, -0.2) is 27.3 Å². The van der Waals surface area contributed by atoms with Crippen molar-refractivity contribution in [3.05, 3.63) is 24.8 Å². The monoisotopic (exact) mass is 212 g/mol. The van der Waals surface area contributed by atoms with E-state index in [1.807, 2.05) is 12.2 Å². The molecule has 0 aromatic carbocycles. The molecule has 3 nitrogen and oxygen atoms in total. The Labute approximate surface area is 85.3 Å². The molecule has 76 valence electrons. The summed E-state index contributed by atoms with van der Waals surface area (Å²) in [6.07, 6.45) is 6.27. The highest BCUT2D eigenvalue weighted by Crippen LogP contribution is 2.37. The molecule has 0 aromatic rings. The molecule has 1 fully saturated rings. The van der Waals surface area contributed by atoms with Crippen LogP contribution in [0.4, 0.5) is 0 Å². The number of ether oxygens (including phenoxy) is 1. The number of carbonyl (C=O) groups excluding carboxylic acids is 1. The maximum atomic E-state index is 11.7. The van der Waals surface area contributed by atoms with Crippen LogP contribution in [0.2, 0.25) is 0 Å². The van der Waals surface area contributed by atoms with Crippen LogP contribution >= 0.6 is 0 Å². The van der Waals surface area contributed by atoms with Gasteiger partial charge in [-0.3, -0.25) is 9.00 Å². The fraction of sp³-hybridized carbons (Fsp3) is 0.500. The predicted molar refractivity (Wildman–Crippen MR) is 54.1 cm³/mol. The SMILES string of the molecule is C=CCOC(=O)[C@H]1[C@@H]2C=C[C@@H](C2)[S@]1=O. The van der Waals surface area contributed by atoms with Crippen LogP contribution in [0.25, 0.3) is 0 Å². The lowest BCUT2D eigenvalue weighted by Gasteiger charge is -2.15. The summed E-state index contributed by atoms with van der Waals surface area (Å²) in [5.74, 6) is -0.224. The van der Waals surface area contributed by atoms with Gasteiger partial charge in [-0.05, 0) is 6.42 Å². The first-order chi connectivity index (χ1) is 6.74. The first-order valence-electron chi connectivity index (χ1n) is 4.59. The van der Waals surface area contributed by atoms with Gasteiger partial charge in [-0.25, -0.2) is 0 Å². The lowest BCUT2D eigenvalue weighted by molar-refractivity contribution is -0.142. The van der Waals surface area contributed by atoms with Gasteiger partial charge in [0.1, 0.15) is 11.9 Å². The van der Waals surface area contributed by atoms with Gasteiger partial charge in [0.2, 0.25) is 0 Å². The van der Waals surface area contributed by atoms with Gasteiger partial charge in [-0.2, -0.15) is 0 Å². The molecule has 0 spiro atoms. The lowest BCUT2D eigenvalue weighted by Crippen LogP contribution is -2.32. The molecule has 0 saturated carbocycles. The quantitative estimate of drug-likeness (QED) is 0.513. The second-order valence-corrected chi connectivity index (χ2v) is 5.26. The van der Waals surface area contributed by atoms with Crippen LogP contribution in [0, 0.1) is 5.92 Å². The van der Waals surface area contributed by atoms with Crippen molar-refractivity contribution in [2.75, 3.05) is 6.61 Å². The van der Waals surface area contributed by atoms with E-state index in [9.17, 15) is 9.00 Å². The Morgan fingerprint density at radius 2 is 2.43 bits per heavy atom. The molecule has 0 radical (unpaired) electrons. The second-order valence-electron chi connectivity index (χ2n) is 3.49. The third-order valence-corrected chi connectivity index (χ3v) is 4.58. The molecule has 2 bridgehead atoms. The summed E-state index contributed by atoms with van der Waals surface area (Å²) >= 11 is 0. The van der Waals surface area contributed by atoms with Gasteiger partial charge >= 0.3 is 5.97 Å². The molecule has 0 unspecified atom stereocenters. The molecular weight excluding hydrogens is 200 g/mol. The van der Waals surface area contributed by atoms with Gasteiger partial charge in [0, 0.05) is 16.7 Å². The Kier molecular flexibility index (Phi) is 2.54. The van der Waals surface area contributed by atoms with Gasteiger partial charge in [0.05, 0.1) is 5.25 Å². The number of fused-ring (bicyclic) bond motifs is 2. The van der Waals surface area contributed by atoms with E-state index < -0.39 is 16.0 Å². The van der Waals surface area contributed by atoms with Crippen LogP contribution in [-0.2, 0) is 20.3 Å². The smallest absolute Gasteiger partial charge is 0.322 e. The minimum atomic E-state index is -1.08. The average molecular weight is 212 g/mol. The van der Waals surface area contributed by atoms with Crippen molar-refractivity contribution in [3.8, 4) is 0 Å². The van der Waals surface area contributed by atoms with Gasteiger partial charge in [-0.1, -0.05) is 24.8 Å². The molecule has 14 heavy (non-hydrogen) atoms. The van der Waals surface area contributed by atoms with Crippen molar-refractivity contribution in [1.29, 1.82) is 0 Å². The summed E-state index contributed by atoms with van der Waals surface area (Å²) in [7, 11) is -1.08. The van der Waals surface area contributed by atoms with Crippen molar-refractivity contribution in [2.45, 2.75) is 16.9 Å². The fourth-order valence-corrected chi connectivity index (χ4v) is 3.78. The van der Waals surface area contributed by atoms with Crippen molar-refractivity contribution >= 4 is 16.8 Å². The van der Waals surface area contributed by atoms with E-state index in [0.29, 0.717) is 0 Å². The summed E-state index contributed by atoms with van der Waals surface area (Å²) in [6.45, 7) is 3.66. The molecule has 1 aliphatic heterocycles. The zero-order valence-corrected chi connectivity index (χ0v) is 8.53. The Morgan fingerprint density at radius 1 is 1.64 bits per heavy atom. The van der Waals surface area contributed by atoms with Crippen molar-refractivity contribution in [3.63, 3.8) is 0 Å².